The minimum absolute atomic E-state index is 0.101. The van der Waals surface area contributed by atoms with E-state index >= 15 is 0 Å². The second kappa shape index (κ2) is 6.31. The number of hydrogen-bond donors (Lipinski definition) is 0. The molecule has 1 aromatic rings. The first-order chi connectivity index (χ1) is 8.68. The van der Waals surface area contributed by atoms with Gasteiger partial charge in [-0.15, -0.1) is 0 Å². The zero-order chi connectivity index (χ0) is 13.0. The summed E-state index contributed by atoms with van der Waals surface area (Å²) in [7, 11) is 1.81. The van der Waals surface area contributed by atoms with E-state index < -0.39 is 0 Å². The fraction of sp³-hybridized carbons (Fsp3) is 0.462. The van der Waals surface area contributed by atoms with Gasteiger partial charge in [0.05, 0.1) is 25.4 Å². The first-order valence-corrected chi connectivity index (χ1v) is 6.79. The highest BCUT2D eigenvalue weighted by Gasteiger charge is 2.18. The molecule has 0 atom stereocenters. The van der Waals surface area contributed by atoms with Gasteiger partial charge >= 0.3 is 0 Å². The average molecular weight is 313 g/mol. The van der Waals surface area contributed by atoms with Crippen LogP contribution in [-0.2, 0) is 9.53 Å². The number of carbonyl (C=O) groups excluding carboxylic acids is 1. The molecule has 1 fully saturated rings. The van der Waals surface area contributed by atoms with Gasteiger partial charge in [0.15, 0.2) is 0 Å². The number of anilines is 1. The van der Waals surface area contributed by atoms with Crippen LogP contribution in [0.3, 0.4) is 0 Å². The molecule has 4 nitrogen and oxygen atoms in total. The van der Waals surface area contributed by atoms with Crippen molar-refractivity contribution in [2.24, 2.45) is 0 Å². The quantitative estimate of drug-likeness (QED) is 0.852. The number of rotatable bonds is 3. The molecule has 1 saturated heterocycles. The maximum Gasteiger partial charge on any atom is 0.240 e. The summed E-state index contributed by atoms with van der Waals surface area (Å²) in [5.41, 5.74) is 0.899. The van der Waals surface area contributed by atoms with Crippen molar-refractivity contribution in [2.45, 2.75) is 0 Å². The SMILES string of the molecule is CN(C(=O)CN1CCOCC1)c1ccccc1Br. The van der Waals surface area contributed by atoms with Crippen molar-refractivity contribution in [1.82, 2.24) is 4.90 Å². The standard InChI is InChI=1S/C13H17BrN2O2/c1-15(12-5-3-2-4-11(12)14)13(17)10-16-6-8-18-9-7-16/h2-5H,6-10H2,1H3. The summed E-state index contributed by atoms with van der Waals surface area (Å²) in [5, 5.41) is 0. The van der Waals surface area contributed by atoms with Crippen LogP contribution < -0.4 is 4.90 Å². The Balaban J connectivity index is 1.98. The normalized spacial score (nSPS) is 16.6. The van der Waals surface area contributed by atoms with Gasteiger partial charge in [-0.25, -0.2) is 0 Å². The molecule has 1 aliphatic rings. The number of benzene rings is 1. The molecule has 0 bridgehead atoms. The highest BCUT2D eigenvalue weighted by Crippen LogP contribution is 2.24. The lowest BCUT2D eigenvalue weighted by molar-refractivity contribution is -0.120. The third kappa shape index (κ3) is 3.31. The van der Waals surface area contributed by atoms with Gasteiger partial charge in [-0.2, -0.15) is 0 Å². The third-order valence-electron chi connectivity index (χ3n) is 3.05. The van der Waals surface area contributed by atoms with Crippen LogP contribution >= 0.6 is 15.9 Å². The lowest BCUT2D eigenvalue weighted by Gasteiger charge is -2.28. The van der Waals surface area contributed by atoms with Crippen LogP contribution in [0.4, 0.5) is 5.69 Å². The molecule has 18 heavy (non-hydrogen) atoms. The summed E-state index contributed by atoms with van der Waals surface area (Å²) < 4.78 is 6.20. The summed E-state index contributed by atoms with van der Waals surface area (Å²) in [6, 6.07) is 7.74. The van der Waals surface area contributed by atoms with Crippen LogP contribution in [-0.4, -0.2) is 50.7 Å². The minimum Gasteiger partial charge on any atom is -0.379 e. The molecule has 1 amide bonds. The summed E-state index contributed by atoms with van der Waals surface area (Å²) in [5.74, 6) is 0.101. The molecule has 1 aliphatic heterocycles. The Morgan fingerprint density at radius 2 is 2.06 bits per heavy atom. The van der Waals surface area contributed by atoms with Crippen molar-refractivity contribution in [3.63, 3.8) is 0 Å². The molecule has 5 heteroatoms. The number of likely N-dealkylation sites (N-methyl/N-ethyl adjacent to an activating group) is 1. The first kappa shape index (κ1) is 13.5. The zero-order valence-electron chi connectivity index (χ0n) is 10.4. The second-order valence-electron chi connectivity index (χ2n) is 4.29. The lowest BCUT2D eigenvalue weighted by Crippen LogP contribution is -2.43. The molecule has 0 N–H and O–H groups in total. The lowest BCUT2D eigenvalue weighted by atomic mass is 10.3. The van der Waals surface area contributed by atoms with E-state index in [1.54, 1.807) is 4.90 Å². The Hall–Kier alpha value is -0.910. The highest BCUT2D eigenvalue weighted by atomic mass is 79.9. The summed E-state index contributed by atoms with van der Waals surface area (Å²) in [6.45, 7) is 3.53. The molecule has 0 radical (unpaired) electrons. The Kier molecular flexibility index (Phi) is 4.74. The predicted octanol–water partition coefficient (Wildman–Crippen LogP) is 1.74. The van der Waals surface area contributed by atoms with E-state index in [9.17, 15) is 4.79 Å². The van der Waals surface area contributed by atoms with Gasteiger partial charge in [-0.05, 0) is 28.1 Å². The van der Waals surface area contributed by atoms with E-state index in [1.807, 2.05) is 31.3 Å². The van der Waals surface area contributed by atoms with Crippen molar-refractivity contribution in [3.05, 3.63) is 28.7 Å². The molecule has 0 aromatic heterocycles. The number of hydrogen-bond acceptors (Lipinski definition) is 3. The molecule has 0 unspecified atom stereocenters. The van der Waals surface area contributed by atoms with E-state index in [4.69, 9.17) is 4.74 Å². The van der Waals surface area contributed by atoms with Crippen molar-refractivity contribution in [3.8, 4) is 0 Å². The monoisotopic (exact) mass is 312 g/mol. The number of morpholine rings is 1. The van der Waals surface area contributed by atoms with E-state index in [-0.39, 0.29) is 5.91 Å². The van der Waals surface area contributed by atoms with Gasteiger partial charge in [-0.1, -0.05) is 12.1 Å². The predicted molar refractivity (Wildman–Crippen MR) is 74.8 cm³/mol. The Morgan fingerprint density at radius 1 is 1.39 bits per heavy atom. The number of ether oxygens (including phenoxy) is 1. The second-order valence-corrected chi connectivity index (χ2v) is 5.15. The maximum absolute atomic E-state index is 12.2. The van der Waals surface area contributed by atoms with E-state index in [0.717, 1.165) is 23.2 Å². The van der Waals surface area contributed by atoms with Crippen molar-refractivity contribution < 1.29 is 9.53 Å². The number of nitrogens with zero attached hydrogens (tertiary/aromatic N) is 2. The molecule has 1 aromatic carbocycles. The van der Waals surface area contributed by atoms with Gasteiger partial charge in [0.1, 0.15) is 0 Å². The number of carbonyl (C=O) groups is 1. The zero-order valence-corrected chi connectivity index (χ0v) is 12.0. The van der Waals surface area contributed by atoms with Crippen LogP contribution in [0.25, 0.3) is 0 Å². The molecule has 2 rings (SSSR count). The molecular weight excluding hydrogens is 296 g/mol. The largest absolute Gasteiger partial charge is 0.379 e. The molecule has 0 spiro atoms. The molecule has 98 valence electrons. The third-order valence-corrected chi connectivity index (χ3v) is 3.72. The van der Waals surface area contributed by atoms with Crippen LogP contribution in [0.5, 0.6) is 0 Å². The Morgan fingerprint density at radius 3 is 2.72 bits per heavy atom. The van der Waals surface area contributed by atoms with Crippen LogP contribution in [0.15, 0.2) is 28.7 Å². The van der Waals surface area contributed by atoms with Gasteiger partial charge < -0.3 is 9.64 Å². The van der Waals surface area contributed by atoms with Gasteiger partial charge in [-0.3, -0.25) is 9.69 Å². The molecular formula is C13H17BrN2O2. The van der Waals surface area contributed by atoms with Gasteiger partial charge in [0, 0.05) is 24.6 Å². The summed E-state index contributed by atoms with van der Waals surface area (Å²) in [6.07, 6.45) is 0. The molecule has 1 heterocycles. The minimum atomic E-state index is 0.101. The molecule has 0 aliphatic carbocycles. The maximum atomic E-state index is 12.2. The van der Waals surface area contributed by atoms with Gasteiger partial charge in [0.25, 0.3) is 0 Å². The van der Waals surface area contributed by atoms with E-state index in [1.165, 1.54) is 0 Å². The van der Waals surface area contributed by atoms with Crippen molar-refractivity contribution >= 4 is 27.5 Å². The van der Waals surface area contributed by atoms with Crippen LogP contribution in [0.2, 0.25) is 0 Å². The van der Waals surface area contributed by atoms with Crippen molar-refractivity contribution in [2.75, 3.05) is 44.8 Å². The Bertz CT molecular complexity index is 419. The highest BCUT2D eigenvalue weighted by molar-refractivity contribution is 9.10. The first-order valence-electron chi connectivity index (χ1n) is 5.99. The van der Waals surface area contributed by atoms with Crippen LogP contribution in [0, 0.1) is 0 Å². The summed E-state index contributed by atoms with van der Waals surface area (Å²) >= 11 is 3.46. The van der Waals surface area contributed by atoms with Crippen LogP contribution in [0.1, 0.15) is 0 Å². The summed E-state index contributed by atoms with van der Waals surface area (Å²) in [4.78, 5) is 16.0. The number of para-hydroxylation sites is 1. The fourth-order valence-electron chi connectivity index (χ4n) is 1.91. The number of amides is 1. The van der Waals surface area contributed by atoms with Crippen molar-refractivity contribution in [1.29, 1.82) is 0 Å². The molecule has 0 saturated carbocycles. The average Bonchev–Trinajstić information content (AvgIpc) is 2.39. The smallest absolute Gasteiger partial charge is 0.240 e. The fourth-order valence-corrected chi connectivity index (χ4v) is 2.47. The Labute approximate surface area is 116 Å². The van der Waals surface area contributed by atoms with E-state index in [2.05, 4.69) is 20.8 Å². The van der Waals surface area contributed by atoms with Gasteiger partial charge in [0.2, 0.25) is 5.91 Å². The topological polar surface area (TPSA) is 32.8 Å². The van der Waals surface area contributed by atoms with E-state index in [0.29, 0.717) is 19.8 Å². The number of halogens is 1.